The van der Waals surface area contributed by atoms with Crippen molar-refractivity contribution in [3.8, 4) is 0 Å². The number of nitrogens with one attached hydrogen (secondary N) is 2. The molecule has 0 saturated heterocycles. The minimum absolute atomic E-state index is 0.0449. The number of guanidine groups is 1. The summed E-state index contributed by atoms with van der Waals surface area (Å²) < 4.78 is 2.96. The van der Waals surface area contributed by atoms with Crippen LogP contribution in [0.3, 0.4) is 0 Å². The van der Waals surface area contributed by atoms with Crippen molar-refractivity contribution in [2.45, 2.75) is 0 Å². The van der Waals surface area contributed by atoms with E-state index in [0.717, 1.165) is 0 Å². The van der Waals surface area contributed by atoms with Gasteiger partial charge in [0, 0.05) is 32.9 Å². The largest absolute Gasteiger partial charge is 0.382 e. The molecule has 134 valence electrons. The first-order chi connectivity index (χ1) is 11.8. The van der Waals surface area contributed by atoms with Crippen LogP contribution in [0.15, 0.2) is 23.3 Å². The van der Waals surface area contributed by atoms with E-state index in [2.05, 4.69) is 20.7 Å². The molecule has 0 fully saturated rings. The Labute approximate surface area is 143 Å². The highest BCUT2D eigenvalue weighted by atomic mass is 16.2. The SMILES string of the molecule is Cn1ccc(NC(=O)c2cc(N)nn2C)c1C(=O)NCCN=C(N)N. The Balaban J connectivity index is 2.10. The lowest BCUT2D eigenvalue weighted by molar-refractivity contribution is 0.0947. The van der Waals surface area contributed by atoms with Crippen LogP contribution in [-0.4, -0.2) is 45.2 Å². The summed E-state index contributed by atoms with van der Waals surface area (Å²) in [6.45, 7) is 0.516. The molecule has 0 aliphatic heterocycles. The van der Waals surface area contributed by atoms with Gasteiger partial charge in [0.05, 0.1) is 12.2 Å². The van der Waals surface area contributed by atoms with Crippen molar-refractivity contribution in [1.82, 2.24) is 19.7 Å². The number of hydrogen-bond donors (Lipinski definition) is 5. The van der Waals surface area contributed by atoms with Crippen molar-refractivity contribution < 1.29 is 9.59 Å². The molecule has 2 rings (SSSR count). The molecular weight excluding hydrogens is 326 g/mol. The number of rotatable bonds is 6. The maximum absolute atomic E-state index is 12.4. The molecule has 2 aromatic heterocycles. The van der Waals surface area contributed by atoms with Gasteiger partial charge in [0.15, 0.2) is 5.96 Å². The van der Waals surface area contributed by atoms with Crippen LogP contribution in [0.4, 0.5) is 11.5 Å². The second kappa shape index (κ2) is 7.38. The Kier molecular flexibility index (Phi) is 5.27. The van der Waals surface area contributed by atoms with E-state index in [4.69, 9.17) is 17.2 Å². The standard InChI is InChI=1S/C14H21N9O2/c1-22-6-3-8(11(22)13(25)18-4-5-19-14(16)17)20-12(24)9-7-10(15)21-23(9)2/h3,6-7H,4-5H2,1-2H3,(H2,15,21)(H,18,25)(H,20,24)(H4,16,17,19). The fraction of sp³-hybridized carbons (Fsp3) is 0.286. The van der Waals surface area contributed by atoms with Crippen molar-refractivity contribution in [2.24, 2.45) is 30.6 Å². The molecule has 0 aromatic carbocycles. The van der Waals surface area contributed by atoms with Gasteiger partial charge in [0.2, 0.25) is 0 Å². The minimum atomic E-state index is -0.424. The van der Waals surface area contributed by atoms with Gasteiger partial charge in [0.1, 0.15) is 17.2 Å². The first-order valence-electron chi connectivity index (χ1n) is 7.39. The third-order valence-electron chi connectivity index (χ3n) is 3.36. The number of nitrogens with two attached hydrogens (primary N) is 3. The van der Waals surface area contributed by atoms with Crippen LogP contribution < -0.4 is 27.8 Å². The van der Waals surface area contributed by atoms with Crippen LogP contribution in [0, 0.1) is 0 Å². The molecule has 0 bridgehead atoms. The van der Waals surface area contributed by atoms with Crippen molar-refractivity contribution >= 4 is 29.3 Å². The van der Waals surface area contributed by atoms with E-state index in [-0.39, 0.29) is 36.5 Å². The highest BCUT2D eigenvalue weighted by molar-refractivity contribution is 6.08. The maximum atomic E-state index is 12.4. The fourth-order valence-electron chi connectivity index (χ4n) is 2.24. The summed E-state index contributed by atoms with van der Waals surface area (Å²) in [6, 6.07) is 3.08. The third kappa shape index (κ3) is 4.28. The number of carbonyl (C=O) groups excluding carboxylic acids is 2. The van der Waals surface area contributed by atoms with Crippen LogP contribution in [0.2, 0.25) is 0 Å². The number of carbonyl (C=O) groups is 2. The minimum Gasteiger partial charge on any atom is -0.382 e. The van der Waals surface area contributed by atoms with Gasteiger partial charge >= 0.3 is 0 Å². The molecule has 0 saturated carbocycles. The molecule has 0 unspecified atom stereocenters. The lowest BCUT2D eigenvalue weighted by atomic mass is 10.3. The summed E-state index contributed by atoms with van der Waals surface area (Å²) >= 11 is 0. The van der Waals surface area contributed by atoms with Gasteiger partial charge in [-0.3, -0.25) is 19.3 Å². The summed E-state index contributed by atoms with van der Waals surface area (Å²) in [7, 11) is 3.30. The number of anilines is 2. The van der Waals surface area contributed by atoms with Crippen LogP contribution in [0.25, 0.3) is 0 Å². The van der Waals surface area contributed by atoms with Crippen LogP contribution in [0.5, 0.6) is 0 Å². The Bertz CT molecular complexity index is 814. The topological polar surface area (TPSA) is 171 Å². The molecule has 11 heteroatoms. The zero-order valence-electron chi connectivity index (χ0n) is 14.0. The lowest BCUT2D eigenvalue weighted by Crippen LogP contribution is -2.30. The van der Waals surface area contributed by atoms with Gasteiger partial charge in [-0.15, -0.1) is 0 Å². The van der Waals surface area contributed by atoms with Gasteiger partial charge in [-0.05, 0) is 6.07 Å². The molecule has 2 amide bonds. The number of aryl methyl sites for hydroxylation is 2. The van der Waals surface area contributed by atoms with Crippen molar-refractivity contribution in [2.75, 3.05) is 24.1 Å². The number of aromatic nitrogens is 3. The Morgan fingerprint density at radius 1 is 1.28 bits per heavy atom. The molecule has 8 N–H and O–H groups in total. The predicted molar refractivity (Wildman–Crippen MR) is 94.0 cm³/mol. The molecule has 0 aliphatic carbocycles. The molecule has 2 heterocycles. The normalized spacial score (nSPS) is 10.3. The first-order valence-corrected chi connectivity index (χ1v) is 7.39. The van der Waals surface area contributed by atoms with E-state index in [0.29, 0.717) is 11.4 Å². The van der Waals surface area contributed by atoms with Gasteiger partial charge < -0.3 is 32.4 Å². The van der Waals surface area contributed by atoms with Crippen molar-refractivity contribution in [3.05, 3.63) is 29.7 Å². The Morgan fingerprint density at radius 3 is 2.60 bits per heavy atom. The van der Waals surface area contributed by atoms with Crippen LogP contribution in [0.1, 0.15) is 21.0 Å². The first kappa shape index (κ1) is 17.8. The lowest BCUT2D eigenvalue weighted by Gasteiger charge is -2.09. The van der Waals surface area contributed by atoms with Gasteiger partial charge in [0.25, 0.3) is 11.8 Å². The van der Waals surface area contributed by atoms with E-state index in [1.165, 1.54) is 10.7 Å². The van der Waals surface area contributed by atoms with Crippen molar-refractivity contribution in [3.63, 3.8) is 0 Å². The van der Waals surface area contributed by atoms with E-state index < -0.39 is 5.91 Å². The van der Waals surface area contributed by atoms with Gasteiger partial charge in [-0.2, -0.15) is 5.10 Å². The average Bonchev–Trinajstić information content (AvgIpc) is 3.05. The molecular formula is C14H21N9O2. The quantitative estimate of drug-likeness (QED) is 0.244. The zero-order valence-corrected chi connectivity index (χ0v) is 14.0. The summed E-state index contributed by atoms with van der Waals surface area (Å²) in [6.07, 6.45) is 1.66. The molecule has 0 atom stereocenters. The monoisotopic (exact) mass is 347 g/mol. The second-order valence-electron chi connectivity index (χ2n) is 5.28. The summed E-state index contributed by atoms with van der Waals surface area (Å²) in [5, 5.41) is 9.29. The second-order valence-corrected chi connectivity index (χ2v) is 5.28. The Hall–Kier alpha value is -3.50. The number of hydrogen-bond acceptors (Lipinski definition) is 5. The number of nitrogens with zero attached hydrogens (tertiary/aromatic N) is 4. The molecule has 2 aromatic rings. The van der Waals surface area contributed by atoms with Gasteiger partial charge in [-0.1, -0.05) is 0 Å². The van der Waals surface area contributed by atoms with Gasteiger partial charge in [-0.25, -0.2) is 0 Å². The van der Waals surface area contributed by atoms with E-state index >= 15 is 0 Å². The molecule has 25 heavy (non-hydrogen) atoms. The fourth-order valence-corrected chi connectivity index (χ4v) is 2.24. The Morgan fingerprint density at radius 2 is 2.00 bits per heavy atom. The zero-order chi connectivity index (χ0) is 18.6. The molecule has 11 nitrogen and oxygen atoms in total. The maximum Gasteiger partial charge on any atom is 0.274 e. The number of aliphatic imine (C=N–C) groups is 1. The summed E-state index contributed by atoms with van der Waals surface area (Å²) in [4.78, 5) is 28.5. The number of nitrogen functional groups attached to an aromatic ring is 1. The third-order valence-corrected chi connectivity index (χ3v) is 3.36. The van der Waals surface area contributed by atoms with E-state index in [1.807, 2.05) is 0 Å². The summed E-state index contributed by atoms with van der Waals surface area (Å²) in [5.41, 5.74) is 17.0. The molecule has 0 radical (unpaired) electrons. The highest BCUT2D eigenvalue weighted by Gasteiger charge is 2.19. The van der Waals surface area contributed by atoms with Crippen LogP contribution >= 0.6 is 0 Å². The van der Waals surface area contributed by atoms with E-state index in [1.54, 1.807) is 30.9 Å². The molecule has 0 aliphatic rings. The van der Waals surface area contributed by atoms with Crippen LogP contribution in [-0.2, 0) is 14.1 Å². The predicted octanol–water partition coefficient (Wildman–Crippen LogP) is -1.40. The van der Waals surface area contributed by atoms with E-state index in [9.17, 15) is 9.59 Å². The summed E-state index contributed by atoms with van der Waals surface area (Å²) in [5.74, 6) is -0.597. The smallest absolute Gasteiger partial charge is 0.274 e. The highest BCUT2D eigenvalue weighted by Crippen LogP contribution is 2.18. The average molecular weight is 347 g/mol. The molecule has 0 spiro atoms. The number of amides is 2. The van der Waals surface area contributed by atoms with Crippen molar-refractivity contribution in [1.29, 1.82) is 0 Å².